The Hall–Kier alpha value is -0.540. The maximum absolute atomic E-state index is 13.4. The van der Waals surface area contributed by atoms with E-state index in [0.717, 1.165) is 22.6 Å². The normalized spacial score (nSPS) is 22.9. The van der Waals surface area contributed by atoms with Crippen LogP contribution in [0.2, 0.25) is 0 Å². The van der Waals surface area contributed by atoms with E-state index in [1.807, 2.05) is 13.0 Å². The number of thioether (sulfide) groups is 1. The number of halogens is 1. The third-order valence-corrected chi connectivity index (χ3v) is 3.87. The molecular weight excluding hydrogens is 197 g/mol. The molecule has 1 aromatic carbocycles. The number of benzene rings is 1. The quantitative estimate of drug-likeness (QED) is 0.773. The fourth-order valence-corrected chi connectivity index (χ4v) is 3.13. The monoisotopic (exact) mass is 211 g/mol. The van der Waals surface area contributed by atoms with Gasteiger partial charge >= 0.3 is 0 Å². The van der Waals surface area contributed by atoms with Crippen molar-refractivity contribution in [3.63, 3.8) is 0 Å². The minimum absolute atomic E-state index is 0.0992. The molecule has 2 rings (SSSR count). The van der Waals surface area contributed by atoms with Crippen LogP contribution in [0.1, 0.15) is 24.8 Å². The molecule has 0 aliphatic carbocycles. The van der Waals surface area contributed by atoms with E-state index in [-0.39, 0.29) is 11.9 Å². The summed E-state index contributed by atoms with van der Waals surface area (Å²) in [5, 5.41) is 0. The van der Waals surface area contributed by atoms with Crippen LogP contribution in [0.5, 0.6) is 0 Å². The van der Waals surface area contributed by atoms with E-state index in [1.54, 1.807) is 17.8 Å². The molecule has 0 saturated carbocycles. The second-order valence-electron chi connectivity index (χ2n) is 3.76. The summed E-state index contributed by atoms with van der Waals surface area (Å²) in [7, 11) is 0. The number of fused-ring (bicyclic) bond motifs is 1. The van der Waals surface area contributed by atoms with E-state index < -0.39 is 0 Å². The topological polar surface area (TPSA) is 26.0 Å². The summed E-state index contributed by atoms with van der Waals surface area (Å²) < 4.78 is 13.4. The van der Waals surface area contributed by atoms with Gasteiger partial charge in [-0.2, -0.15) is 0 Å². The number of hydrogen-bond donors (Lipinski definition) is 1. The number of nitrogens with two attached hydrogens (primary N) is 1. The van der Waals surface area contributed by atoms with Gasteiger partial charge < -0.3 is 5.73 Å². The van der Waals surface area contributed by atoms with Crippen LogP contribution in [0.25, 0.3) is 0 Å². The lowest BCUT2D eigenvalue weighted by Gasteiger charge is -2.27. The van der Waals surface area contributed by atoms with Crippen LogP contribution in [0.3, 0.4) is 0 Å². The Morgan fingerprint density at radius 3 is 3.07 bits per heavy atom. The zero-order valence-corrected chi connectivity index (χ0v) is 8.98. The molecule has 0 fully saturated rings. The van der Waals surface area contributed by atoms with Gasteiger partial charge in [0, 0.05) is 16.9 Å². The lowest BCUT2D eigenvalue weighted by Crippen LogP contribution is -2.27. The van der Waals surface area contributed by atoms with E-state index in [9.17, 15) is 4.39 Å². The van der Waals surface area contributed by atoms with E-state index in [0.29, 0.717) is 5.92 Å². The minimum atomic E-state index is -0.0992. The van der Waals surface area contributed by atoms with Crippen molar-refractivity contribution < 1.29 is 4.39 Å². The molecule has 0 saturated heterocycles. The third kappa shape index (κ3) is 1.66. The molecule has 1 heterocycles. The Kier molecular flexibility index (Phi) is 2.79. The largest absolute Gasteiger partial charge is 0.327 e. The average Bonchev–Trinajstić information content (AvgIpc) is 2.17. The highest BCUT2D eigenvalue weighted by molar-refractivity contribution is 7.99. The second kappa shape index (κ2) is 3.91. The molecule has 14 heavy (non-hydrogen) atoms. The Morgan fingerprint density at radius 1 is 1.57 bits per heavy atom. The Balaban J connectivity index is 2.44. The smallest absolute Gasteiger partial charge is 0.137 e. The molecule has 1 aromatic rings. The van der Waals surface area contributed by atoms with Crippen molar-refractivity contribution in [3.05, 3.63) is 29.6 Å². The Bertz CT molecular complexity index is 338. The first-order chi connectivity index (χ1) is 6.70. The highest BCUT2D eigenvalue weighted by atomic mass is 32.2. The van der Waals surface area contributed by atoms with E-state index in [2.05, 4.69) is 0 Å². The Labute approximate surface area is 87.9 Å². The zero-order chi connectivity index (χ0) is 10.1. The highest BCUT2D eigenvalue weighted by Crippen LogP contribution is 2.39. The number of rotatable bonds is 1. The van der Waals surface area contributed by atoms with Crippen LogP contribution in [0.15, 0.2) is 23.1 Å². The van der Waals surface area contributed by atoms with Crippen molar-refractivity contribution >= 4 is 11.8 Å². The van der Waals surface area contributed by atoms with Crippen molar-refractivity contribution in [1.82, 2.24) is 0 Å². The summed E-state index contributed by atoms with van der Waals surface area (Å²) in [6, 6.07) is 5.40. The molecule has 0 bridgehead atoms. The second-order valence-corrected chi connectivity index (χ2v) is 4.87. The predicted molar refractivity (Wildman–Crippen MR) is 58.1 cm³/mol. The van der Waals surface area contributed by atoms with Gasteiger partial charge in [-0.05, 0) is 30.7 Å². The molecule has 0 aromatic heterocycles. The van der Waals surface area contributed by atoms with Crippen LogP contribution in [-0.4, -0.2) is 11.8 Å². The standard InChI is InChI=1S/C11H14FNS/c1-7(13)8-5-6-14-11-9(8)3-2-4-10(11)12/h2-4,7-8H,5-6,13H2,1H3. The molecule has 76 valence electrons. The summed E-state index contributed by atoms with van der Waals surface area (Å²) in [6.07, 6.45) is 1.05. The van der Waals surface area contributed by atoms with Gasteiger partial charge in [0.05, 0.1) is 0 Å². The molecule has 1 aliphatic heterocycles. The van der Waals surface area contributed by atoms with Gasteiger partial charge in [0.15, 0.2) is 0 Å². The maximum Gasteiger partial charge on any atom is 0.137 e. The molecule has 0 spiro atoms. The summed E-state index contributed by atoms with van der Waals surface area (Å²) in [4.78, 5) is 0.807. The maximum atomic E-state index is 13.4. The van der Waals surface area contributed by atoms with Crippen LogP contribution in [-0.2, 0) is 0 Å². The molecular formula is C11H14FNS. The third-order valence-electron chi connectivity index (χ3n) is 2.71. The van der Waals surface area contributed by atoms with Crippen LogP contribution in [0.4, 0.5) is 4.39 Å². The molecule has 0 radical (unpaired) electrons. The van der Waals surface area contributed by atoms with Gasteiger partial charge in [-0.1, -0.05) is 12.1 Å². The van der Waals surface area contributed by atoms with Crippen LogP contribution < -0.4 is 5.73 Å². The molecule has 2 atom stereocenters. The first-order valence-corrected chi connectivity index (χ1v) is 5.85. The SMILES string of the molecule is CC(N)C1CCSc2c(F)cccc21. The fraction of sp³-hybridized carbons (Fsp3) is 0.455. The summed E-state index contributed by atoms with van der Waals surface area (Å²) in [6.45, 7) is 2.00. The first kappa shape index (κ1) is 9.99. The summed E-state index contributed by atoms with van der Waals surface area (Å²) in [5.41, 5.74) is 6.99. The van der Waals surface area contributed by atoms with Gasteiger partial charge in [0.25, 0.3) is 0 Å². The minimum Gasteiger partial charge on any atom is -0.327 e. The van der Waals surface area contributed by atoms with Crippen molar-refractivity contribution in [2.24, 2.45) is 5.73 Å². The van der Waals surface area contributed by atoms with Crippen molar-refractivity contribution in [1.29, 1.82) is 0 Å². The van der Waals surface area contributed by atoms with E-state index in [1.165, 1.54) is 6.07 Å². The molecule has 1 nitrogen and oxygen atoms in total. The van der Waals surface area contributed by atoms with Gasteiger partial charge in [-0.25, -0.2) is 4.39 Å². The highest BCUT2D eigenvalue weighted by Gasteiger charge is 2.25. The molecule has 1 aliphatic rings. The van der Waals surface area contributed by atoms with E-state index >= 15 is 0 Å². The van der Waals surface area contributed by atoms with Gasteiger partial charge in [-0.15, -0.1) is 11.8 Å². The molecule has 3 heteroatoms. The van der Waals surface area contributed by atoms with E-state index in [4.69, 9.17) is 5.73 Å². The zero-order valence-electron chi connectivity index (χ0n) is 8.16. The lowest BCUT2D eigenvalue weighted by molar-refractivity contribution is 0.523. The average molecular weight is 211 g/mol. The summed E-state index contributed by atoms with van der Waals surface area (Å²) >= 11 is 1.61. The fourth-order valence-electron chi connectivity index (χ4n) is 1.96. The predicted octanol–water partition coefficient (Wildman–Crippen LogP) is 2.75. The van der Waals surface area contributed by atoms with Crippen molar-refractivity contribution in [2.75, 3.05) is 5.75 Å². The first-order valence-electron chi connectivity index (χ1n) is 4.87. The number of hydrogen-bond acceptors (Lipinski definition) is 2. The molecule has 2 unspecified atom stereocenters. The molecule has 0 amide bonds. The van der Waals surface area contributed by atoms with Crippen LogP contribution >= 0.6 is 11.8 Å². The van der Waals surface area contributed by atoms with Gasteiger partial charge in [-0.3, -0.25) is 0 Å². The Morgan fingerprint density at radius 2 is 2.36 bits per heavy atom. The van der Waals surface area contributed by atoms with Crippen LogP contribution in [0, 0.1) is 5.82 Å². The van der Waals surface area contributed by atoms with Gasteiger partial charge in [0.1, 0.15) is 5.82 Å². The lowest BCUT2D eigenvalue weighted by atomic mass is 9.90. The van der Waals surface area contributed by atoms with Crippen molar-refractivity contribution in [2.45, 2.75) is 30.2 Å². The van der Waals surface area contributed by atoms with Crippen molar-refractivity contribution in [3.8, 4) is 0 Å². The molecule has 2 N–H and O–H groups in total. The summed E-state index contributed by atoms with van der Waals surface area (Å²) in [5.74, 6) is 1.19. The van der Waals surface area contributed by atoms with Gasteiger partial charge in [0.2, 0.25) is 0 Å².